The summed E-state index contributed by atoms with van der Waals surface area (Å²) in [5.41, 5.74) is 1.18. The fourth-order valence-corrected chi connectivity index (χ4v) is 1.37. The van der Waals surface area contributed by atoms with Crippen molar-refractivity contribution in [2.45, 2.75) is 0 Å². The second-order valence-corrected chi connectivity index (χ2v) is 3.48. The van der Waals surface area contributed by atoms with E-state index in [4.69, 9.17) is 0 Å². The van der Waals surface area contributed by atoms with E-state index in [1.807, 2.05) is 24.5 Å². The lowest BCUT2D eigenvalue weighted by Crippen LogP contribution is -2.15. The molecule has 2 nitrogen and oxygen atoms in total. The Labute approximate surface area is 80.0 Å². The Morgan fingerprint density at radius 3 is 2.58 bits per heavy atom. The number of hydrogen-bond donors (Lipinski definition) is 0. The number of nitrogens with zero attached hydrogens (tertiary/aromatic N) is 2. The molecule has 0 bridgehead atoms. The Hall–Kier alpha value is -0.960. The molecule has 0 atom stereocenters. The van der Waals surface area contributed by atoms with E-state index in [0.29, 0.717) is 0 Å². The van der Waals surface area contributed by atoms with Crippen molar-refractivity contribution in [1.82, 2.24) is 5.32 Å². The van der Waals surface area contributed by atoms with E-state index < -0.39 is 0 Å². The van der Waals surface area contributed by atoms with Gasteiger partial charge in [-0.3, -0.25) is 5.32 Å². The summed E-state index contributed by atoms with van der Waals surface area (Å²) in [6.07, 6.45) is 3.80. The Bertz CT molecular complexity index is 292. The molecule has 1 aliphatic heterocycles. The number of hydrogen-bond acceptors (Lipinski definition) is 1. The van der Waals surface area contributed by atoms with Crippen molar-refractivity contribution < 1.29 is 0 Å². The topological polar surface area (TPSA) is 17.3 Å². The highest BCUT2D eigenvalue weighted by molar-refractivity contribution is 9.10. The zero-order valence-corrected chi connectivity index (χ0v) is 8.03. The minimum absolute atomic E-state index is 0.738. The van der Waals surface area contributed by atoms with Crippen LogP contribution in [0.2, 0.25) is 0 Å². The summed E-state index contributed by atoms with van der Waals surface area (Å²) in [5.74, 6) is 0. The molecule has 0 spiro atoms. The van der Waals surface area contributed by atoms with Crippen LogP contribution in [0.5, 0.6) is 0 Å². The molecule has 3 heteroatoms. The van der Waals surface area contributed by atoms with Crippen LogP contribution in [-0.2, 0) is 0 Å². The van der Waals surface area contributed by atoms with Crippen LogP contribution < -0.4 is 10.2 Å². The Morgan fingerprint density at radius 1 is 1.25 bits per heavy atom. The summed E-state index contributed by atoms with van der Waals surface area (Å²) in [5, 5.41) is 4.10. The van der Waals surface area contributed by atoms with Gasteiger partial charge in [0.2, 0.25) is 0 Å². The van der Waals surface area contributed by atoms with Gasteiger partial charge in [-0.25, -0.2) is 0 Å². The Kier molecular flexibility index (Phi) is 2.04. The van der Waals surface area contributed by atoms with E-state index >= 15 is 0 Å². The molecule has 1 heterocycles. The molecular formula is C9H8BrN2. The van der Waals surface area contributed by atoms with Crippen molar-refractivity contribution in [3.8, 4) is 0 Å². The highest BCUT2D eigenvalue weighted by atomic mass is 79.9. The van der Waals surface area contributed by atoms with Crippen molar-refractivity contribution in [2.24, 2.45) is 0 Å². The minimum Gasteiger partial charge on any atom is -0.326 e. The molecule has 2 rings (SSSR count). The largest absolute Gasteiger partial charge is 0.326 e. The Morgan fingerprint density at radius 2 is 2.00 bits per heavy atom. The number of anilines is 1. The third kappa shape index (κ3) is 1.46. The first kappa shape index (κ1) is 7.68. The van der Waals surface area contributed by atoms with Crippen molar-refractivity contribution in [3.05, 3.63) is 41.1 Å². The molecule has 0 N–H and O–H groups in total. The third-order valence-electron chi connectivity index (χ3n) is 1.74. The number of halogens is 1. The summed E-state index contributed by atoms with van der Waals surface area (Å²) in [4.78, 5) is 2.09. The van der Waals surface area contributed by atoms with Gasteiger partial charge < -0.3 is 4.90 Å². The van der Waals surface area contributed by atoms with Crippen LogP contribution in [0, 0.1) is 0 Å². The SMILES string of the molecule is Brc1ccc(N2C=C[N]C2)cc1. The minimum atomic E-state index is 0.738. The fraction of sp³-hybridized carbons (Fsp3) is 0.111. The first-order valence-corrected chi connectivity index (χ1v) is 4.51. The molecule has 0 aliphatic carbocycles. The zero-order valence-electron chi connectivity index (χ0n) is 6.44. The molecule has 1 aromatic rings. The monoisotopic (exact) mass is 223 g/mol. The maximum absolute atomic E-state index is 4.10. The third-order valence-corrected chi connectivity index (χ3v) is 2.27. The van der Waals surface area contributed by atoms with Gasteiger partial charge in [-0.15, -0.1) is 0 Å². The molecule has 0 saturated heterocycles. The lowest BCUT2D eigenvalue weighted by Gasteiger charge is -2.13. The molecule has 0 unspecified atom stereocenters. The predicted molar refractivity (Wildman–Crippen MR) is 52.8 cm³/mol. The predicted octanol–water partition coefficient (Wildman–Crippen LogP) is 2.30. The summed E-state index contributed by atoms with van der Waals surface area (Å²) in [7, 11) is 0. The van der Waals surface area contributed by atoms with Crippen molar-refractivity contribution in [1.29, 1.82) is 0 Å². The first-order valence-electron chi connectivity index (χ1n) is 3.72. The molecule has 0 aromatic heterocycles. The van der Waals surface area contributed by atoms with Gasteiger partial charge in [0.1, 0.15) is 6.67 Å². The van der Waals surface area contributed by atoms with Crippen molar-refractivity contribution in [2.75, 3.05) is 11.6 Å². The second-order valence-electron chi connectivity index (χ2n) is 2.57. The first-order chi connectivity index (χ1) is 5.86. The second kappa shape index (κ2) is 3.19. The summed E-state index contributed by atoms with van der Waals surface area (Å²) < 4.78 is 1.10. The van der Waals surface area contributed by atoms with E-state index in [9.17, 15) is 0 Å². The summed E-state index contributed by atoms with van der Waals surface area (Å²) in [6, 6.07) is 8.19. The molecule has 61 valence electrons. The molecular weight excluding hydrogens is 216 g/mol. The van der Waals surface area contributed by atoms with Crippen LogP contribution in [0.15, 0.2) is 41.1 Å². The van der Waals surface area contributed by atoms with Crippen LogP contribution >= 0.6 is 15.9 Å². The van der Waals surface area contributed by atoms with E-state index in [1.165, 1.54) is 5.69 Å². The van der Waals surface area contributed by atoms with Crippen LogP contribution in [-0.4, -0.2) is 6.67 Å². The smallest absolute Gasteiger partial charge is 0.114 e. The summed E-state index contributed by atoms with van der Waals surface area (Å²) >= 11 is 3.39. The number of rotatable bonds is 1. The zero-order chi connectivity index (χ0) is 8.39. The van der Waals surface area contributed by atoms with Crippen LogP contribution in [0.3, 0.4) is 0 Å². The highest BCUT2D eigenvalue weighted by Gasteiger charge is 2.05. The van der Waals surface area contributed by atoms with E-state index in [2.05, 4.69) is 38.3 Å². The molecule has 0 saturated carbocycles. The lowest BCUT2D eigenvalue weighted by atomic mass is 10.3. The maximum atomic E-state index is 4.10. The van der Waals surface area contributed by atoms with Gasteiger partial charge in [-0.1, -0.05) is 15.9 Å². The van der Waals surface area contributed by atoms with Gasteiger partial charge in [0.15, 0.2) is 0 Å². The van der Waals surface area contributed by atoms with Gasteiger partial charge in [-0.05, 0) is 24.3 Å². The average molecular weight is 224 g/mol. The van der Waals surface area contributed by atoms with E-state index in [1.54, 1.807) is 0 Å². The van der Waals surface area contributed by atoms with Gasteiger partial charge in [0.05, 0.1) is 0 Å². The molecule has 1 radical (unpaired) electrons. The van der Waals surface area contributed by atoms with Gasteiger partial charge in [0.25, 0.3) is 0 Å². The highest BCUT2D eigenvalue weighted by Crippen LogP contribution is 2.19. The molecule has 0 amide bonds. The molecule has 0 fully saturated rings. The van der Waals surface area contributed by atoms with E-state index in [0.717, 1.165) is 11.1 Å². The fourth-order valence-electron chi connectivity index (χ4n) is 1.11. The maximum Gasteiger partial charge on any atom is 0.114 e. The molecule has 1 aromatic carbocycles. The van der Waals surface area contributed by atoms with Crippen LogP contribution in [0.25, 0.3) is 0 Å². The van der Waals surface area contributed by atoms with Gasteiger partial charge >= 0.3 is 0 Å². The Balaban J connectivity index is 2.23. The number of benzene rings is 1. The van der Waals surface area contributed by atoms with Gasteiger partial charge in [-0.2, -0.15) is 0 Å². The lowest BCUT2D eigenvalue weighted by molar-refractivity contribution is 0.886. The van der Waals surface area contributed by atoms with Crippen molar-refractivity contribution >= 4 is 21.6 Å². The van der Waals surface area contributed by atoms with E-state index in [-0.39, 0.29) is 0 Å². The molecule has 12 heavy (non-hydrogen) atoms. The normalized spacial score (nSPS) is 14.9. The standard InChI is InChI=1S/C9H8BrN2/c10-8-1-3-9(4-2-8)12-6-5-11-7-12/h1-6H,7H2. The van der Waals surface area contributed by atoms with Gasteiger partial charge in [0, 0.05) is 22.6 Å². The quantitative estimate of drug-likeness (QED) is 0.715. The summed E-state index contributed by atoms with van der Waals surface area (Å²) in [6.45, 7) is 0.738. The average Bonchev–Trinajstić information content (AvgIpc) is 2.58. The molecule has 1 aliphatic rings. The van der Waals surface area contributed by atoms with Crippen molar-refractivity contribution in [3.63, 3.8) is 0 Å². The van der Waals surface area contributed by atoms with Crippen LogP contribution in [0.1, 0.15) is 0 Å². The van der Waals surface area contributed by atoms with Crippen LogP contribution in [0.4, 0.5) is 5.69 Å².